The SMILES string of the molecule is CCNC(=NCCn1cnnc1CC)NCCSc1ccccc1. The Morgan fingerprint density at radius 2 is 2.04 bits per heavy atom. The molecular weight excluding hydrogens is 320 g/mol. The van der Waals surface area contributed by atoms with E-state index in [4.69, 9.17) is 0 Å². The van der Waals surface area contributed by atoms with Gasteiger partial charge in [0.15, 0.2) is 5.96 Å². The van der Waals surface area contributed by atoms with Gasteiger partial charge in [-0.05, 0) is 19.1 Å². The number of rotatable bonds is 9. The molecular formula is C17H26N6S. The molecule has 0 aliphatic rings. The van der Waals surface area contributed by atoms with Gasteiger partial charge in [-0.2, -0.15) is 0 Å². The Labute approximate surface area is 148 Å². The van der Waals surface area contributed by atoms with E-state index in [0.717, 1.165) is 43.6 Å². The molecule has 7 heteroatoms. The fourth-order valence-corrected chi connectivity index (χ4v) is 3.00. The van der Waals surface area contributed by atoms with Crippen molar-refractivity contribution in [3.8, 4) is 0 Å². The molecule has 1 heterocycles. The average Bonchev–Trinajstić information content (AvgIpc) is 3.07. The molecule has 0 aliphatic heterocycles. The second-order valence-corrected chi connectivity index (χ2v) is 6.31. The quantitative estimate of drug-likeness (QED) is 0.315. The molecule has 2 rings (SSSR count). The van der Waals surface area contributed by atoms with E-state index in [1.807, 2.05) is 17.8 Å². The molecule has 0 radical (unpaired) electrons. The third-order valence-electron chi connectivity index (χ3n) is 3.37. The summed E-state index contributed by atoms with van der Waals surface area (Å²) in [7, 11) is 0. The highest BCUT2D eigenvalue weighted by atomic mass is 32.2. The van der Waals surface area contributed by atoms with E-state index in [9.17, 15) is 0 Å². The van der Waals surface area contributed by atoms with Crippen LogP contribution >= 0.6 is 11.8 Å². The van der Waals surface area contributed by atoms with Crippen LogP contribution in [-0.2, 0) is 13.0 Å². The Morgan fingerprint density at radius 3 is 2.79 bits per heavy atom. The molecule has 2 N–H and O–H groups in total. The van der Waals surface area contributed by atoms with Crippen LogP contribution in [0.3, 0.4) is 0 Å². The van der Waals surface area contributed by atoms with E-state index >= 15 is 0 Å². The molecule has 1 aromatic heterocycles. The lowest BCUT2D eigenvalue weighted by Gasteiger charge is -2.11. The maximum Gasteiger partial charge on any atom is 0.191 e. The van der Waals surface area contributed by atoms with Crippen molar-refractivity contribution in [3.05, 3.63) is 42.5 Å². The molecule has 6 nitrogen and oxygen atoms in total. The van der Waals surface area contributed by atoms with Crippen LogP contribution in [-0.4, -0.2) is 46.1 Å². The van der Waals surface area contributed by atoms with Crippen molar-refractivity contribution in [2.45, 2.75) is 31.7 Å². The first-order chi connectivity index (χ1) is 11.8. The number of hydrogen-bond donors (Lipinski definition) is 2. The average molecular weight is 347 g/mol. The Hall–Kier alpha value is -2.02. The van der Waals surface area contributed by atoms with Gasteiger partial charge in [-0.25, -0.2) is 0 Å². The molecule has 24 heavy (non-hydrogen) atoms. The topological polar surface area (TPSA) is 67.1 Å². The van der Waals surface area contributed by atoms with Gasteiger partial charge in [-0.1, -0.05) is 25.1 Å². The van der Waals surface area contributed by atoms with Crippen LogP contribution in [0.1, 0.15) is 19.7 Å². The smallest absolute Gasteiger partial charge is 0.191 e. The minimum absolute atomic E-state index is 0.701. The molecule has 1 aromatic carbocycles. The number of aromatic nitrogens is 3. The van der Waals surface area contributed by atoms with Crippen molar-refractivity contribution in [1.29, 1.82) is 0 Å². The lowest BCUT2D eigenvalue weighted by Crippen LogP contribution is -2.38. The van der Waals surface area contributed by atoms with Crippen molar-refractivity contribution in [1.82, 2.24) is 25.4 Å². The number of guanidine groups is 1. The monoisotopic (exact) mass is 346 g/mol. The molecule has 0 bridgehead atoms. The van der Waals surface area contributed by atoms with E-state index < -0.39 is 0 Å². The predicted molar refractivity (Wildman–Crippen MR) is 101 cm³/mol. The van der Waals surface area contributed by atoms with Crippen molar-refractivity contribution in [2.24, 2.45) is 4.99 Å². The number of aliphatic imine (C=N–C) groups is 1. The van der Waals surface area contributed by atoms with Crippen LogP contribution in [0.2, 0.25) is 0 Å². The van der Waals surface area contributed by atoms with E-state index in [-0.39, 0.29) is 0 Å². The number of nitrogens with one attached hydrogen (secondary N) is 2. The third-order valence-corrected chi connectivity index (χ3v) is 4.39. The normalized spacial score (nSPS) is 11.5. The zero-order valence-corrected chi connectivity index (χ0v) is 15.2. The van der Waals surface area contributed by atoms with Crippen LogP contribution < -0.4 is 10.6 Å². The largest absolute Gasteiger partial charge is 0.357 e. The van der Waals surface area contributed by atoms with Gasteiger partial charge >= 0.3 is 0 Å². The van der Waals surface area contributed by atoms with Gasteiger partial charge in [0.25, 0.3) is 0 Å². The van der Waals surface area contributed by atoms with Crippen LogP contribution in [0.25, 0.3) is 0 Å². The lowest BCUT2D eigenvalue weighted by atomic mass is 10.4. The molecule has 2 aromatic rings. The molecule has 0 aliphatic carbocycles. The number of nitrogens with zero attached hydrogens (tertiary/aromatic N) is 4. The lowest BCUT2D eigenvalue weighted by molar-refractivity contribution is 0.662. The molecule has 0 atom stereocenters. The summed E-state index contributed by atoms with van der Waals surface area (Å²) in [5.41, 5.74) is 0. The van der Waals surface area contributed by atoms with E-state index in [2.05, 4.69) is 68.5 Å². The van der Waals surface area contributed by atoms with Crippen LogP contribution in [0.5, 0.6) is 0 Å². The van der Waals surface area contributed by atoms with Crippen molar-refractivity contribution in [2.75, 3.05) is 25.4 Å². The minimum Gasteiger partial charge on any atom is -0.357 e. The van der Waals surface area contributed by atoms with Gasteiger partial charge in [0, 0.05) is 36.7 Å². The summed E-state index contributed by atoms with van der Waals surface area (Å²) >= 11 is 1.84. The van der Waals surface area contributed by atoms with Crippen LogP contribution in [0.4, 0.5) is 0 Å². The first-order valence-electron chi connectivity index (χ1n) is 8.40. The fourth-order valence-electron chi connectivity index (χ4n) is 2.21. The van der Waals surface area contributed by atoms with E-state index in [1.165, 1.54) is 4.90 Å². The molecule has 0 saturated carbocycles. The summed E-state index contributed by atoms with van der Waals surface area (Å²) in [5, 5.41) is 14.7. The van der Waals surface area contributed by atoms with Gasteiger partial charge in [0.1, 0.15) is 12.2 Å². The summed E-state index contributed by atoms with van der Waals surface area (Å²) in [5.74, 6) is 2.86. The zero-order chi connectivity index (χ0) is 17.0. The molecule has 0 saturated heterocycles. The first-order valence-corrected chi connectivity index (χ1v) is 9.38. The zero-order valence-electron chi connectivity index (χ0n) is 14.4. The summed E-state index contributed by atoms with van der Waals surface area (Å²) in [6, 6.07) is 10.4. The summed E-state index contributed by atoms with van der Waals surface area (Å²) in [6.45, 7) is 7.38. The highest BCUT2D eigenvalue weighted by Crippen LogP contribution is 2.15. The maximum absolute atomic E-state index is 4.62. The minimum atomic E-state index is 0.701. The highest BCUT2D eigenvalue weighted by molar-refractivity contribution is 7.99. The Bertz CT molecular complexity index is 611. The molecule has 0 amide bonds. The van der Waals surface area contributed by atoms with Gasteiger partial charge in [-0.15, -0.1) is 22.0 Å². The number of benzene rings is 1. The third kappa shape index (κ3) is 6.23. The Morgan fingerprint density at radius 1 is 1.21 bits per heavy atom. The fraction of sp³-hybridized carbons (Fsp3) is 0.471. The second kappa shape index (κ2) is 10.7. The van der Waals surface area contributed by atoms with Crippen molar-refractivity contribution >= 4 is 17.7 Å². The number of aryl methyl sites for hydroxylation is 1. The van der Waals surface area contributed by atoms with Gasteiger partial charge in [0.05, 0.1) is 6.54 Å². The molecule has 0 spiro atoms. The van der Waals surface area contributed by atoms with Gasteiger partial charge < -0.3 is 15.2 Å². The maximum atomic E-state index is 4.62. The number of thioether (sulfide) groups is 1. The second-order valence-electron chi connectivity index (χ2n) is 5.14. The van der Waals surface area contributed by atoms with Crippen molar-refractivity contribution in [3.63, 3.8) is 0 Å². The van der Waals surface area contributed by atoms with Crippen molar-refractivity contribution < 1.29 is 0 Å². The van der Waals surface area contributed by atoms with Gasteiger partial charge in [-0.3, -0.25) is 4.99 Å². The molecule has 0 unspecified atom stereocenters. The van der Waals surface area contributed by atoms with Crippen LogP contribution in [0.15, 0.2) is 46.5 Å². The summed E-state index contributed by atoms with van der Waals surface area (Å²) in [4.78, 5) is 5.91. The number of hydrogen-bond acceptors (Lipinski definition) is 4. The first kappa shape index (κ1) is 18.3. The summed E-state index contributed by atoms with van der Waals surface area (Å²) < 4.78 is 2.05. The van der Waals surface area contributed by atoms with E-state index in [0.29, 0.717) is 6.54 Å². The predicted octanol–water partition coefficient (Wildman–Crippen LogP) is 2.19. The van der Waals surface area contributed by atoms with E-state index in [1.54, 1.807) is 6.33 Å². The van der Waals surface area contributed by atoms with Crippen LogP contribution in [0, 0.1) is 0 Å². The highest BCUT2D eigenvalue weighted by Gasteiger charge is 2.01. The molecule has 0 fully saturated rings. The summed E-state index contributed by atoms with van der Waals surface area (Å²) in [6.07, 6.45) is 2.66. The molecule has 130 valence electrons. The Kier molecular flexibility index (Phi) is 8.17. The standard InChI is InChI=1S/C17H26N6S/c1-3-16-22-21-14-23(16)12-10-19-17(18-4-2)20-11-13-24-15-8-6-5-7-9-15/h5-9,14H,3-4,10-13H2,1-2H3,(H2,18,19,20). The Balaban J connectivity index is 1.74. The van der Waals surface area contributed by atoms with Gasteiger partial charge in [0.2, 0.25) is 0 Å².